The average Bonchev–Trinajstić information content (AvgIpc) is 2.60. The van der Waals surface area contributed by atoms with Crippen molar-refractivity contribution in [1.82, 2.24) is 4.90 Å². The maximum Gasteiger partial charge on any atom is 0.322 e. The van der Waals surface area contributed by atoms with Crippen molar-refractivity contribution >= 4 is 23.3 Å². The minimum absolute atomic E-state index is 0.0899. The summed E-state index contributed by atoms with van der Waals surface area (Å²) in [6, 6.07) is 4.94. The Bertz CT molecular complexity index is 606. The van der Waals surface area contributed by atoms with E-state index in [0.717, 1.165) is 19.3 Å². The summed E-state index contributed by atoms with van der Waals surface area (Å²) in [4.78, 5) is 25.6. The summed E-state index contributed by atoms with van der Waals surface area (Å²) in [7, 11) is 1.54. The maximum atomic E-state index is 12.6. The predicted molar refractivity (Wildman–Crippen MR) is 97.2 cm³/mol. The van der Waals surface area contributed by atoms with E-state index in [-0.39, 0.29) is 18.0 Å². The first-order chi connectivity index (χ1) is 12.0. The predicted octanol–water partition coefficient (Wildman–Crippen LogP) is 3.08. The van der Waals surface area contributed by atoms with Crippen molar-refractivity contribution in [2.45, 2.75) is 39.2 Å². The number of carbonyl (C=O) groups excluding carboxylic acids is 2. The molecule has 0 bridgehead atoms. The number of hydrogen-bond acceptors (Lipinski definition) is 4. The summed E-state index contributed by atoms with van der Waals surface area (Å²) in [5.74, 6) is 0.368. The minimum atomic E-state index is -0.192. The van der Waals surface area contributed by atoms with Crippen molar-refractivity contribution in [3.05, 3.63) is 18.2 Å². The van der Waals surface area contributed by atoms with E-state index in [0.29, 0.717) is 36.8 Å². The highest BCUT2D eigenvalue weighted by molar-refractivity contribution is 5.94. The fraction of sp³-hybridized carbons (Fsp3) is 0.556. The van der Waals surface area contributed by atoms with Gasteiger partial charge in [0, 0.05) is 32.3 Å². The standard InChI is InChI=1S/C18H27N3O4/c1-4-10-25-15-6-5-9-21(12-15)18(23)20-16-11-14(19-13(2)22)7-8-17(16)24-3/h7-8,11,15H,4-6,9-10,12H2,1-3H3,(H,19,22)(H,20,23). The molecule has 1 aliphatic heterocycles. The van der Waals surface area contributed by atoms with Gasteiger partial charge in [-0.05, 0) is 37.5 Å². The lowest BCUT2D eigenvalue weighted by Crippen LogP contribution is -2.45. The molecule has 1 atom stereocenters. The van der Waals surface area contributed by atoms with Crippen LogP contribution in [0.1, 0.15) is 33.1 Å². The normalized spacial score (nSPS) is 17.1. The third-order valence-corrected chi connectivity index (χ3v) is 3.98. The van der Waals surface area contributed by atoms with Gasteiger partial charge in [-0.25, -0.2) is 4.79 Å². The first kappa shape index (κ1) is 19.1. The van der Waals surface area contributed by atoms with Crippen LogP contribution in [0.5, 0.6) is 5.75 Å². The highest BCUT2D eigenvalue weighted by atomic mass is 16.5. The summed E-state index contributed by atoms with van der Waals surface area (Å²) in [6.07, 6.45) is 2.96. The van der Waals surface area contributed by atoms with E-state index < -0.39 is 0 Å². The number of methoxy groups -OCH3 is 1. The first-order valence-electron chi connectivity index (χ1n) is 8.66. The fourth-order valence-corrected chi connectivity index (χ4v) is 2.82. The van der Waals surface area contributed by atoms with Gasteiger partial charge in [-0.1, -0.05) is 6.92 Å². The van der Waals surface area contributed by atoms with Crippen LogP contribution in [0.4, 0.5) is 16.2 Å². The Morgan fingerprint density at radius 3 is 2.80 bits per heavy atom. The molecule has 1 aromatic carbocycles. The number of amides is 3. The molecule has 0 radical (unpaired) electrons. The van der Waals surface area contributed by atoms with Gasteiger partial charge in [0.1, 0.15) is 5.75 Å². The molecule has 0 spiro atoms. The summed E-state index contributed by atoms with van der Waals surface area (Å²) < 4.78 is 11.1. The molecular weight excluding hydrogens is 322 g/mol. The van der Waals surface area contributed by atoms with E-state index >= 15 is 0 Å². The van der Waals surface area contributed by atoms with Gasteiger partial charge in [-0.3, -0.25) is 4.79 Å². The molecule has 1 heterocycles. The van der Waals surface area contributed by atoms with Crippen LogP contribution in [0, 0.1) is 0 Å². The highest BCUT2D eigenvalue weighted by Crippen LogP contribution is 2.28. The fourth-order valence-electron chi connectivity index (χ4n) is 2.82. The van der Waals surface area contributed by atoms with E-state index in [1.807, 2.05) is 0 Å². The first-order valence-corrected chi connectivity index (χ1v) is 8.66. The van der Waals surface area contributed by atoms with Gasteiger partial charge in [-0.15, -0.1) is 0 Å². The summed E-state index contributed by atoms with van der Waals surface area (Å²) in [6.45, 7) is 5.51. The van der Waals surface area contributed by atoms with Crippen LogP contribution < -0.4 is 15.4 Å². The van der Waals surface area contributed by atoms with Crippen LogP contribution in [-0.4, -0.2) is 49.7 Å². The van der Waals surface area contributed by atoms with E-state index in [1.54, 1.807) is 30.2 Å². The van der Waals surface area contributed by atoms with Crippen molar-refractivity contribution in [1.29, 1.82) is 0 Å². The van der Waals surface area contributed by atoms with E-state index in [4.69, 9.17) is 9.47 Å². The molecule has 25 heavy (non-hydrogen) atoms. The number of ether oxygens (including phenoxy) is 2. The molecule has 0 aliphatic carbocycles. The SMILES string of the molecule is CCCOC1CCCN(C(=O)Nc2cc(NC(C)=O)ccc2OC)C1. The molecule has 7 heteroatoms. The number of piperidine rings is 1. The van der Waals surface area contributed by atoms with Gasteiger partial charge in [0.25, 0.3) is 0 Å². The molecule has 1 aliphatic rings. The third-order valence-electron chi connectivity index (χ3n) is 3.98. The lowest BCUT2D eigenvalue weighted by atomic mass is 10.1. The number of hydrogen-bond donors (Lipinski definition) is 2. The molecule has 138 valence electrons. The third kappa shape index (κ3) is 5.63. The molecule has 1 aromatic rings. The zero-order valence-electron chi connectivity index (χ0n) is 15.1. The van der Waals surface area contributed by atoms with E-state index in [1.165, 1.54) is 6.92 Å². The molecule has 0 aromatic heterocycles. The van der Waals surface area contributed by atoms with Crippen molar-refractivity contribution in [3.63, 3.8) is 0 Å². The molecular formula is C18H27N3O4. The Morgan fingerprint density at radius 2 is 2.12 bits per heavy atom. The van der Waals surface area contributed by atoms with Crippen LogP contribution in [0.2, 0.25) is 0 Å². The molecule has 3 amide bonds. The number of likely N-dealkylation sites (tertiary alicyclic amines) is 1. The zero-order valence-corrected chi connectivity index (χ0v) is 15.1. The van der Waals surface area contributed by atoms with Crippen molar-refractivity contribution in [2.24, 2.45) is 0 Å². The number of carbonyl (C=O) groups is 2. The van der Waals surface area contributed by atoms with Gasteiger partial charge < -0.3 is 25.0 Å². The number of nitrogens with one attached hydrogen (secondary N) is 2. The Kier molecular flexibility index (Phi) is 7.06. The van der Waals surface area contributed by atoms with Crippen LogP contribution in [0.3, 0.4) is 0 Å². The van der Waals surface area contributed by atoms with E-state index in [2.05, 4.69) is 17.6 Å². The Labute approximate surface area is 148 Å². The van der Waals surface area contributed by atoms with Crippen molar-refractivity contribution in [2.75, 3.05) is 37.4 Å². The average molecular weight is 349 g/mol. The molecule has 2 N–H and O–H groups in total. The number of rotatable bonds is 6. The van der Waals surface area contributed by atoms with Crippen LogP contribution >= 0.6 is 0 Å². The van der Waals surface area contributed by atoms with Gasteiger partial charge in [0.2, 0.25) is 5.91 Å². The molecule has 1 fully saturated rings. The number of nitrogens with zero attached hydrogens (tertiary/aromatic N) is 1. The molecule has 1 saturated heterocycles. The maximum absolute atomic E-state index is 12.6. The lowest BCUT2D eigenvalue weighted by Gasteiger charge is -2.32. The number of benzene rings is 1. The van der Waals surface area contributed by atoms with Gasteiger partial charge >= 0.3 is 6.03 Å². The van der Waals surface area contributed by atoms with Crippen LogP contribution in [0.15, 0.2) is 18.2 Å². The van der Waals surface area contributed by atoms with Crippen LogP contribution in [0.25, 0.3) is 0 Å². The quantitative estimate of drug-likeness (QED) is 0.827. The Morgan fingerprint density at radius 1 is 1.32 bits per heavy atom. The van der Waals surface area contributed by atoms with Crippen molar-refractivity contribution in [3.8, 4) is 5.75 Å². The largest absolute Gasteiger partial charge is 0.495 e. The topological polar surface area (TPSA) is 79.9 Å². The summed E-state index contributed by atoms with van der Waals surface area (Å²) in [5, 5.41) is 5.58. The Balaban J connectivity index is 2.04. The zero-order chi connectivity index (χ0) is 18.2. The number of anilines is 2. The monoisotopic (exact) mass is 349 g/mol. The van der Waals surface area contributed by atoms with Gasteiger partial charge in [0.05, 0.1) is 18.9 Å². The van der Waals surface area contributed by atoms with E-state index in [9.17, 15) is 9.59 Å². The smallest absolute Gasteiger partial charge is 0.322 e. The molecule has 0 saturated carbocycles. The van der Waals surface area contributed by atoms with Crippen molar-refractivity contribution < 1.29 is 19.1 Å². The highest BCUT2D eigenvalue weighted by Gasteiger charge is 2.24. The molecule has 7 nitrogen and oxygen atoms in total. The van der Waals surface area contributed by atoms with Gasteiger partial charge in [0.15, 0.2) is 0 Å². The second kappa shape index (κ2) is 9.27. The molecule has 1 unspecified atom stereocenters. The van der Waals surface area contributed by atoms with Crippen LogP contribution in [-0.2, 0) is 9.53 Å². The minimum Gasteiger partial charge on any atom is -0.495 e. The molecule has 2 rings (SSSR count). The summed E-state index contributed by atoms with van der Waals surface area (Å²) in [5.41, 5.74) is 1.13. The Hall–Kier alpha value is -2.28. The second-order valence-corrected chi connectivity index (χ2v) is 6.11. The lowest BCUT2D eigenvalue weighted by molar-refractivity contribution is -0.114. The summed E-state index contributed by atoms with van der Waals surface area (Å²) >= 11 is 0. The second-order valence-electron chi connectivity index (χ2n) is 6.11. The number of urea groups is 1. The van der Waals surface area contributed by atoms with Gasteiger partial charge in [-0.2, -0.15) is 0 Å².